The summed E-state index contributed by atoms with van der Waals surface area (Å²) in [7, 11) is 0. The first kappa shape index (κ1) is 71.7. The van der Waals surface area contributed by atoms with Crippen molar-refractivity contribution in [3.05, 3.63) is 413 Å². The van der Waals surface area contributed by atoms with E-state index in [9.17, 15) is 0 Å². The second-order valence-electron chi connectivity index (χ2n) is 31.3. The van der Waals surface area contributed by atoms with Gasteiger partial charge in [0.15, 0.2) is 17.5 Å². The van der Waals surface area contributed by atoms with Gasteiger partial charge in [-0.1, -0.05) is 376 Å². The van der Waals surface area contributed by atoms with Crippen molar-refractivity contribution in [1.82, 2.24) is 29.9 Å². The minimum Gasteiger partial charge on any atom is -0.236 e. The average Bonchev–Trinajstić information content (AvgIpc) is 1.72. The molecule has 0 fully saturated rings. The molecule has 0 saturated carbocycles. The number of pyridine rings is 3. The molecule has 0 radical (unpaired) electrons. The second-order valence-corrected chi connectivity index (χ2v) is 34.4. The fourth-order valence-corrected chi connectivity index (χ4v) is 21.8. The van der Waals surface area contributed by atoms with E-state index < -0.39 is 0 Å². The topological polar surface area (TPSA) is 77.3 Å². The summed E-state index contributed by atoms with van der Waals surface area (Å²) in [4.78, 5) is 33.5. The van der Waals surface area contributed by atoms with Crippen molar-refractivity contribution in [2.45, 2.75) is 0 Å². The lowest BCUT2D eigenvalue weighted by atomic mass is 9.91. The first-order valence-electron chi connectivity index (χ1n) is 41.4. The van der Waals surface area contributed by atoms with Crippen LogP contribution in [-0.2, 0) is 0 Å². The van der Waals surface area contributed by atoms with Gasteiger partial charge in [-0.25, -0.2) is 29.9 Å². The van der Waals surface area contributed by atoms with Gasteiger partial charge in [0, 0.05) is 96.0 Å². The molecule has 9 heteroatoms. The van der Waals surface area contributed by atoms with E-state index in [1.807, 2.05) is 60.7 Å². The normalized spacial score (nSPS) is 11.7. The van der Waals surface area contributed by atoms with Gasteiger partial charge < -0.3 is 0 Å². The van der Waals surface area contributed by atoms with Gasteiger partial charge in [0.25, 0.3) is 0 Å². The molecule has 0 amide bonds. The number of hydrogen-bond acceptors (Lipinski definition) is 9. The summed E-state index contributed by atoms with van der Waals surface area (Å²) in [5.41, 5.74) is 14.1. The van der Waals surface area contributed by atoms with Crippen molar-refractivity contribution >= 4 is 192 Å². The summed E-state index contributed by atoms with van der Waals surface area (Å²) < 4.78 is 3.82. The van der Waals surface area contributed by atoms with E-state index in [1.54, 1.807) is 34.0 Å². The monoisotopic (exact) mass is 1620 g/mol. The Hall–Kier alpha value is -15.4. The lowest BCUT2D eigenvalue weighted by Gasteiger charge is -2.13. The zero-order valence-corrected chi connectivity index (χ0v) is 68.6. The van der Waals surface area contributed by atoms with Gasteiger partial charge in [-0.05, 0) is 139 Å². The number of nitrogens with zero attached hydrogens (tertiary/aromatic N) is 6. The molecule has 572 valence electrons. The van der Waals surface area contributed by atoms with Crippen LogP contribution >= 0.6 is 34.0 Å². The SMILES string of the molecule is c1cc(-c2ccc3c4ccccc4c4ccccc4c3c2)cc(-c2nc3sc4ccccc4c3c3ccccc23)c1.c1ccc(-c2nc(-c3ccccc3)nc(-c3ccc(-c4nc5sc6ccccc6c5c5ccccc45)cc3)n2)cc1.c1ccc2c(c1)sc1nc(-c3ccc(-c4ccc5c6ccccc6c6ccccc6c5c4)cc3)c3ccccc3c12. The summed E-state index contributed by atoms with van der Waals surface area (Å²) in [6.45, 7) is 0. The standard InChI is InChI=1S/2C39H23NS.C36H22N4S/c1-2-14-29-27(12-1)28-13-3-4-15-30(28)35-23-25(20-21-31(29)35)24-10-9-11-26(22-24)38-33-17-6-5-16-32(33)37-34-18-7-8-19-36(34)41-39(37)40-38;1-2-11-29-27(9-1)28-10-3-4-12-30(28)35-23-26(21-22-31(29)35)24-17-19-25(20-18-24)38-33-14-6-5-13-32(33)37-34-15-7-8-16-36(34)41-39(37)40-38;1-3-11-24(12-4-1)33-38-34(25-13-5-2-6-14-25)40-35(39-33)26-21-19-23(20-22-26)32-28-16-8-7-15-27(28)31-29-17-9-10-18-30(29)41-36(31)37-32/h2*1-23H;1-22H. The van der Waals surface area contributed by atoms with E-state index in [0.717, 1.165) is 70.3 Å². The van der Waals surface area contributed by atoms with Gasteiger partial charge >= 0.3 is 0 Å². The third kappa shape index (κ3) is 12.4. The maximum Gasteiger partial charge on any atom is 0.164 e. The predicted octanol–water partition coefficient (Wildman–Crippen LogP) is 32.2. The third-order valence-electron chi connectivity index (χ3n) is 24.3. The fourth-order valence-electron chi connectivity index (χ4n) is 18.5. The Morgan fingerprint density at radius 1 is 0.130 bits per heavy atom. The average molecular weight is 1620 g/mol. The van der Waals surface area contributed by atoms with Crippen molar-refractivity contribution < 1.29 is 0 Å². The maximum atomic E-state index is 5.29. The first-order valence-corrected chi connectivity index (χ1v) is 43.9. The number of thiophene rings is 3. The largest absolute Gasteiger partial charge is 0.236 e. The van der Waals surface area contributed by atoms with E-state index in [4.69, 9.17) is 29.9 Å². The maximum absolute atomic E-state index is 5.29. The zero-order valence-electron chi connectivity index (χ0n) is 66.2. The van der Waals surface area contributed by atoms with Crippen LogP contribution in [0.1, 0.15) is 0 Å². The molecular formula is C114H68N6S3. The fraction of sp³-hybridized carbons (Fsp3) is 0. The van der Waals surface area contributed by atoms with Crippen LogP contribution in [0.25, 0.3) is 248 Å². The van der Waals surface area contributed by atoms with E-state index in [-0.39, 0.29) is 0 Å². The van der Waals surface area contributed by atoms with Crippen LogP contribution in [0.5, 0.6) is 0 Å². The van der Waals surface area contributed by atoms with E-state index >= 15 is 0 Å². The predicted molar refractivity (Wildman–Crippen MR) is 526 cm³/mol. The Kier molecular flexibility index (Phi) is 17.4. The van der Waals surface area contributed by atoms with E-state index in [0.29, 0.717) is 17.5 Å². The van der Waals surface area contributed by atoms with Crippen LogP contribution in [0, 0.1) is 0 Å². The van der Waals surface area contributed by atoms with Crippen LogP contribution in [-0.4, -0.2) is 29.9 Å². The van der Waals surface area contributed by atoms with Crippen LogP contribution < -0.4 is 0 Å². The molecule has 0 aliphatic rings. The third-order valence-corrected chi connectivity index (χ3v) is 27.5. The van der Waals surface area contributed by atoms with Crippen LogP contribution in [0.4, 0.5) is 0 Å². The molecule has 0 aliphatic heterocycles. The molecule has 0 aliphatic carbocycles. The quantitative estimate of drug-likeness (QED) is 0.141. The van der Waals surface area contributed by atoms with Gasteiger partial charge in [0.2, 0.25) is 0 Å². The molecule has 6 nitrogen and oxygen atoms in total. The molecule has 0 bridgehead atoms. The molecule has 0 saturated heterocycles. The summed E-state index contributed by atoms with van der Waals surface area (Å²) >= 11 is 5.30. The highest BCUT2D eigenvalue weighted by Crippen LogP contribution is 2.47. The number of aromatic nitrogens is 6. The minimum absolute atomic E-state index is 0.641. The molecule has 7 heterocycles. The van der Waals surface area contributed by atoms with Crippen LogP contribution in [0.2, 0.25) is 0 Å². The lowest BCUT2D eigenvalue weighted by Crippen LogP contribution is -2.00. The highest BCUT2D eigenvalue weighted by Gasteiger charge is 2.22. The zero-order chi connectivity index (χ0) is 81.0. The van der Waals surface area contributed by atoms with Crippen LogP contribution in [0.15, 0.2) is 413 Å². The smallest absolute Gasteiger partial charge is 0.164 e. The highest BCUT2D eigenvalue weighted by molar-refractivity contribution is 7.26. The summed E-state index contributed by atoms with van der Waals surface area (Å²) in [6, 6.07) is 147. The Morgan fingerprint density at radius 3 is 0.715 bits per heavy atom. The number of fused-ring (bicyclic) bond motifs is 27. The van der Waals surface area contributed by atoms with Gasteiger partial charge in [-0.3, -0.25) is 0 Å². The lowest BCUT2D eigenvalue weighted by molar-refractivity contribution is 1.07. The molecular weight excluding hydrogens is 1550 g/mol. The minimum atomic E-state index is 0.641. The van der Waals surface area contributed by atoms with Crippen molar-refractivity contribution in [3.8, 4) is 90.2 Å². The molecule has 26 rings (SSSR count). The van der Waals surface area contributed by atoms with Gasteiger partial charge in [-0.2, -0.15) is 0 Å². The second kappa shape index (κ2) is 29.9. The Balaban J connectivity index is 0.000000104. The number of hydrogen-bond donors (Lipinski definition) is 0. The summed E-state index contributed by atoms with van der Waals surface area (Å²) in [5, 5.41) is 30.5. The van der Waals surface area contributed by atoms with Crippen molar-refractivity contribution in [2.24, 2.45) is 0 Å². The van der Waals surface area contributed by atoms with Crippen molar-refractivity contribution in [2.75, 3.05) is 0 Å². The first-order chi connectivity index (χ1) is 61.0. The van der Waals surface area contributed by atoms with Gasteiger partial charge in [-0.15, -0.1) is 34.0 Å². The molecule has 0 atom stereocenters. The van der Waals surface area contributed by atoms with Crippen molar-refractivity contribution in [1.29, 1.82) is 0 Å². The summed E-state index contributed by atoms with van der Waals surface area (Å²) in [6.07, 6.45) is 0. The molecule has 123 heavy (non-hydrogen) atoms. The van der Waals surface area contributed by atoms with E-state index in [2.05, 4.69) is 352 Å². The Bertz CT molecular complexity index is 8630. The number of rotatable bonds is 8. The van der Waals surface area contributed by atoms with Gasteiger partial charge in [0.1, 0.15) is 14.5 Å². The Labute approximate surface area is 718 Å². The highest BCUT2D eigenvalue weighted by atomic mass is 32.1. The van der Waals surface area contributed by atoms with Crippen molar-refractivity contribution in [3.63, 3.8) is 0 Å². The number of benzene rings is 19. The Morgan fingerprint density at radius 2 is 0.358 bits per heavy atom. The van der Waals surface area contributed by atoms with Gasteiger partial charge in [0.05, 0.1) is 17.1 Å². The molecule has 19 aromatic carbocycles. The molecule has 0 spiro atoms. The molecule has 0 N–H and O–H groups in total. The summed E-state index contributed by atoms with van der Waals surface area (Å²) in [5.74, 6) is 1.95. The van der Waals surface area contributed by atoms with Crippen LogP contribution in [0.3, 0.4) is 0 Å². The molecule has 7 aromatic heterocycles. The molecule has 0 unspecified atom stereocenters. The molecule has 26 aromatic rings. The van der Waals surface area contributed by atoms with E-state index in [1.165, 1.54) is 160 Å².